The standard InChI is InChI=1S/C17H14BrClFNO3S/c1-25(23,24)8-15(22)17-16(9-2-4-10(20)5-3-9)11-6-13(19)12(18)7-14(11)21-17/h2-7,15,21-22H,8H2,1H3. The van der Waals surface area contributed by atoms with Crippen LogP contribution >= 0.6 is 27.5 Å². The van der Waals surface area contributed by atoms with Crippen molar-refractivity contribution in [2.45, 2.75) is 6.10 Å². The molecule has 8 heteroatoms. The predicted molar refractivity (Wildman–Crippen MR) is 101 cm³/mol. The van der Waals surface area contributed by atoms with Crippen LogP contribution in [0.1, 0.15) is 11.8 Å². The van der Waals surface area contributed by atoms with Crippen LogP contribution in [0.4, 0.5) is 4.39 Å². The molecule has 0 bridgehead atoms. The van der Waals surface area contributed by atoms with Gasteiger partial charge in [-0.3, -0.25) is 0 Å². The summed E-state index contributed by atoms with van der Waals surface area (Å²) in [5.74, 6) is -0.814. The molecule has 0 radical (unpaired) electrons. The topological polar surface area (TPSA) is 70.2 Å². The van der Waals surface area contributed by atoms with Crippen LogP contribution in [-0.4, -0.2) is 30.5 Å². The van der Waals surface area contributed by atoms with Crippen molar-refractivity contribution < 1.29 is 17.9 Å². The summed E-state index contributed by atoms with van der Waals surface area (Å²) in [4.78, 5) is 3.07. The maximum absolute atomic E-state index is 13.3. The molecule has 1 atom stereocenters. The fourth-order valence-electron chi connectivity index (χ4n) is 2.76. The highest BCUT2D eigenvalue weighted by Gasteiger charge is 2.23. The molecule has 3 rings (SSSR count). The van der Waals surface area contributed by atoms with Gasteiger partial charge in [0.2, 0.25) is 0 Å². The summed E-state index contributed by atoms with van der Waals surface area (Å²) in [6.07, 6.45) is -0.191. The lowest BCUT2D eigenvalue weighted by atomic mass is 10.00. The minimum absolute atomic E-state index is 0.348. The molecule has 132 valence electrons. The third kappa shape index (κ3) is 3.89. The van der Waals surface area contributed by atoms with E-state index in [1.54, 1.807) is 24.3 Å². The highest BCUT2D eigenvalue weighted by Crippen LogP contribution is 2.39. The summed E-state index contributed by atoms with van der Waals surface area (Å²) in [7, 11) is -3.40. The van der Waals surface area contributed by atoms with Crippen molar-refractivity contribution in [1.29, 1.82) is 0 Å². The van der Waals surface area contributed by atoms with Crippen LogP contribution in [0.15, 0.2) is 40.9 Å². The number of hydrogen-bond acceptors (Lipinski definition) is 3. The summed E-state index contributed by atoms with van der Waals surface area (Å²) in [5, 5.41) is 11.6. The summed E-state index contributed by atoms with van der Waals surface area (Å²) in [6.45, 7) is 0. The second kappa shape index (κ2) is 6.72. The van der Waals surface area contributed by atoms with Crippen molar-refractivity contribution in [2.75, 3.05) is 12.0 Å². The molecule has 0 spiro atoms. The van der Waals surface area contributed by atoms with Crippen molar-refractivity contribution in [3.05, 3.63) is 57.4 Å². The summed E-state index contributed by atoms with van der Waals surface area (Å²) >= 11 is 9.53. The molecule has 0 aliphatic rings. The number of halogens is 3. The Morgan fingerprint density at radius 1 is 1.28 bits per heavy atom. The molecule has 4 nitrogen and oxygen atoms in total. The van der Waals surface area contributed by atoms with Crippen LogP contribution in [0.2, 0.25) is 5.02 Å². The molecular weight excluding hydrogens is 433 g/mol. The summed E-state index contributed by atoms with van der Waals surface area (Å²) in [6, 6.07) is 9.23. The van der Waals surface area contributed by atoms with E-state index in [4.69, 9.17) is 11.6 Å². The van der Waals surface area contributed by atoms with E-state index < -0.39 is 21.7 Å². The molecule has 3 aromatic rings. The summed E-state index contributed by atoms with van der Waals surface area (Å²) in [5.41, 5.74) is 2.27. The number of rotatable bonds is 4. The number of aliphatic hydroxyl groups is 1. The van der Waals surface area contributed by atoms with E-state index in [0.717, 1.165) is 6.26 Å². The van der Waals surface area contributed by atoms with Crippen LogP contribution in [-0.2, 0) is 9.84 Å². The predicted octanol–water partition coefficient (Wildman–Crippen LogP) is 4.47. The zero-order valence-electron chi connectivity index (χ0n) is 13.1. The highest BCUT2D eigenvalue weighted by molar-refractivity contribution is 9.10. The van der Waals surface area contributed by atoms with Gasteiger partial charge in [-0.1, -0.05) is 23.7 Å². The number of hydrogen-bond donors (Lipinski definition) is 2. The molecule has 25 heavy (non-hydrogen) atoms. The molecule has 0 aliphatic heterocycles. The van der Waals surface area contributed by atoms with Gasteiger partial charge >= 0.3 is 0 Å². The molecule has 0 aliphatic carbocycles. The van der Waals surface area contributed by atoms with Crippen molar-refractivity contribution >= 4 is 48.3 Å². The normalized spacial score (nSPS) is 13.3. The van der Waals surface area contributed by atoms with E-state index in [2.05, 4.69) is 20.9 Å². The van der Waals surface area contributed by atoms with Gasteiger partial charge in [-0.25, -0.2) is 12.8 Å². The molecule has 0 saturated heterocycles. The number of fused-ring (bicyclic) bond motifs is 1. The Morgan fingerprint density at radius 3 is 2.52 bits per heavy atom. The van der Waals surface area contributed by atoms with Gasteiger partial charge in [0, 0.05) is 27.2 Å². The molecule has 0 amide bonds. The van der Waals surface area contributed by atoms with Gasteiger partial charge in [0.25, 0.3) is 0 Å². The van der Waals surface area contributed by atoms with E-state index in [1.165, 1.54) is 12.1 Å². The van der Waals surface area contributed by atoms with Crippen LogP contribution in [0.3, 0.4) is 0 Å². The van der Waals surface area contributed by atoms with E-state index >= 15 is 0 Å². The summed E-state index contributed by atoms with van der Waals surface area (Å²) < 4.78 is 37.1. The van der Waals surface area contributed by atoms with Gasteiger partial charge < -0.3 is 10.1 Å². The quantitative estimate of drug-likeness (QED) is 0.621. The maximum Gasteiger partial charge on any atom is 0.150 e. The molecule has 2 aromatic carbocycles. The molecule has 0 fully saturated rings. The Morgan fingerprint density at radius 2 is 1.92 bits per heavy atom. The second-order valence-corrected chi connectivity index (χ2v) is 9.29. The molecule has 1 heterocycles. The molecular formula is C17H14BrClFNO3S. The number of benzene rings is 2. The Kier molecular flexibility index (Phi) is 4.94. The maximum atomic E-state index is 13.3. The van der Waals surface area contributed by atoms with Gasteiger partial charge in [-0.05, 0) is 45.8 Å². The first-order valence-corrected chi connectivity index (χ1v) is 10.5. The van der Waals surface area contributed by atoms with Crippen LogP contribution in [0.25, 0.3) is 22.0 Å². The van der Waals surface area contributed by atoms with Gasteiger partial charge in [0.05, 0.1) is 16.5 Å². The lowest BCUT2D eigenvalue weighted by Gasteiger charge is -2.11. The smallest absolute Gasteiger partial charge is 0.150 e. The fourth-order valence-corrected chi connectivity index (χ4v) is 4.00. The van der Waals surface area contributed by atoms with Crippen LogP contribution < -0.4 is 0 Å². The molecule has 1 unspecified atom stereocenters. The second-order valence-electron chi connectivity index (χ2n) is 5.84. The fraction of sp³-hybridized carbons (Fsp3) is 0.176. The highest BCUT2D eigenvalue weighted by atomic mass is 79.9. The first kappa shape index (κ1) is 18.4. The number of H-pyrrole nitrogens is 1. The largest absolute Gasteiger partial charge is 0.386 e. The minimum atomic E-state index is -3.40. The van der Waals surface area contributed by atoms with Crippen molar-refractivity contribution in [3.63, 3.8) is 0 Å². The van der Waals surface area contributed by atoms with Gasteiger partial charge in [-0.2, -0.15) is 0 Å². The zero-order valence-corrected chi connectivity index (χ0v) is 16.2. The lowest BCUT2D eigenvalue weighted by Crippen LogP contribution is -2.13. The number of aromatic nitrogens is 1. The van der Waals surface area contributed by atoms with Crippen molar-refractivity contribution in [2.24, 2.45) is 0 Å². The third-order valence-electron chi connectivity index (χ3n) is 3.80. The van der Waals surface area contributed by atoms with E-state index in [9.17, 15) is 17.9 Å². The Bertz CT molecular complexity index is 1050. The SMILES string of the molecule is CS(=O)(=O)CC(O)c1[nH]c2cc(Br)c(Cl)cc2c1-c1ccc(F)cc1. The molecule has 0 saturated carbocycles. The number of aromatic amines is 1. The minimum Gasteiger partial charge on any atom is -0.386 e. The third-order valence-corrected chi connectivity index (χ3v) is 5.91. The number of nitrogens with one attached hydrogen (secondary N) is 1. The average Bonchev–Trinajstić information content (AvgIpc) is 2.85. The van der Waals surface area contributed by atoms with E-state index in [-0.39, 0.29) is 5.82 Å². The number of sulfone groups is 1. The van der Waals surface area contributed by atoms with Gasteiger partial charge in [0.1, 0.15) is 21.8 Å². The van der Waals surface area contributed by atoms with Gasteiger partial charge in [-0.15, -0.1) is 0 Å². The van der Waals surface area contributed by atoms with Crippen LogP contribution in [0, 0.1) is 5.82 Å². The monoisotopic (exact) mass is 445 g/mol. The van der Waals surface area contributed by atoms with E-state index in [0.29, 0.717) is 37.2 Å². The Hall–Kier alpha value is -1.41. The first-order chi connectivity index (χ1) is 11.7. The zero-order chi connectivity index (χ0) is 18.4. The van der Waals surface area contributed by atoms with E-state index in [1.807, 2.05) is 0 Å². The van der Waals surface area contributed by atoms with Crippen molar-refractivity contribution in [3.8, 4) is 11.1 Å². The Labute approximate surface area is 157 Å². The number of aliphatic hydroxyl groups excluding tert-OH is 1. The van der Waals surface area contributed by atoms with Crippen LogP contribution in [0.5, 0.6) is 0 Å². The molecule has 2 N–H and O–H groups in total. The molecule has 1 aromatic heterocycles. The van der Waals surface area contributed by atoms with Crippen molar-refractivity contribution in [1.82, 2.24) is 4.98 Å². The van der Waals surface area contributed by atoms with Gasteiger partial charge in [0.15, 0.2) is 0 Å². The lowest BCUT2D eigenvalue weighted by molar-refractivity contribution is 0.198. The Balaban J connectivity index is 2.27. The first-order valence-electron chi connectivity index (χ1n) is 7.28. The average molecular weight is 447 g/mol.